The number of aromatic nitrogens is 3. The second kappa shape index (κ2) is 8.96. The summed E-state index contributed by atoms with van der Waals surface area (Å²) in [6.45, 7) is 8.44. The van der Waals surface area contributed by atoms with Crippen LogP contribution in [-0.2, 0) is 6.18 Å². The van der Waals surface area contributed by atoms with Crippen molar-refractivity contribution in [3.8, 4) is 0 Å². The van der Waals surface area contributed by atoms with Crippen molar-refractivity contribution < 1.29 is 13.2 Å². The Hall–Kier alpha value is -2.46. The number of aryl methyl sites for hydroxylation is 1. The minimum absolute atomic E-state index is 0.110. The fourth-order valence-corrected chi connectivity index (χ4v) is 4.15. The van der Waals surface area contributed by atoms with Crippen molar-refractivity contribution in [2.45, 2.75) is 32.0 Å². The van der Waals surface area contributed by atoms with E-state index in [9.17, 15) is 13.2 Å². The Morgan fingerprint density at radius 2 is 1.58 bits per heavy atom. The third-order valence-electron chi connectivity index (χ3n) is 6.16. The first-order chi connectivity index (χ1) is 14.8. The molecular formula is C21H28F3N7. The molecule has 10 heteroatoms. The average molecular weight is 435 g/mol. The van der Waals surface area contributed by atoms with Crippen LogP contribution in [0.3, 0.4) is 0 Å². The lowest BCUT2D eigenvalue weighted by Gasteiger charge is -2.42. The van der Waals surface area contributed by atoms with Gasteiger partial charge in [0.1, 0.15) is 5.82 Å². The van der Waals surface area contributed by atoms with Gasteiger partial charge in [-0.05, 0) is 38.4 Å². The number of alkyl halides is 3. The van der Waals surface area contributed by atoms with E-state index in [1.165, 1.54) is 0 Å². The molecule has 0 atom stereocenters. The molecule has 2 aliphatic rings. The minimum atomic E-state index is -4.45. The van der Waals surface area contributed by atoms with Gasteiger partial charge in [-0.2, -0.15) is 13.2 Å². The van der Waals surface area contributed by atoms with Crippen LogP contribution < -0.4 is 10.2 Å². The molecule has 4 heterocycles. The highest BCUT2D eigenvalue weighted by Gasteiger charge is 2.31. The van der Waals surface area contributed by atoms with E-state index >= 15 is 0 Å². The summed E-state index contributed by atoms with van der Waals surface area (Å²) >= 11 is 0. The number of pyridine rings is 1. The topological polar surface area (TPSA) is 60.4 Å². The highest BCUT2D eigenvalue weighted by atomic mass is 19.4. The van der Waals surface area contributed by atoms with Crippen LogP contribution in [0.25, 0.3) is 0 Å². The molecule has 2 fully saturated rings. The molecule has 2 aliphatic heterocycles. The summed E-state index contributed by atoms with van der Waals surface area (Å²) in [4.78, 5) is 19.4. The standard InChI is InChI=1S/C21H28F3N7/c1-15-11-19(31-5-3-17(4-6-31)30-9-7-29(2)8-10-30)25-14-18(15)28-20-26-12-16(13-27-20)21(22,23)24/h11-14,17H,3-10H2,1-2H3,(H,26,27,28). The SMILES string of the molecule is Cc1cc(N2CCC(N3CCN(C)CC3)CC2)ncc1Nc1ncc(C(F)(F)F)cn1. The number of piperidine rings is 1. The summed E-state index contributed by atoms with van der Waals surface area (Å²) in [6.07, 6.45) is 1.05. The first kappa shape index (κ1) is 21.8. The zero-order valence-electron chi connectivity index (χ0n) is 17.9. The number of anilines is 3. The molecule has 0 unspecified atom stereocenters. The van der Waals surface area contributed by atoms with Gasteiger partial charge in [0.25, 0.3) is 0 Å². The number of rotatable bonds is 4. The summed E-state index contributed by atoms with van der Waals surface area (Å²) < 4.78 is 38.0. The summed E-state index contributed by atoms with van der Waals surface area (Å²) in [5, 5.41) is 2.95. The molecule has 4 rings (SSSR count). The largest absolute Gasteiger partial charge is 0.419 e. The molecule has 2 aromatic rings. The van der Waals surface area contributed by atoms with Gasteiger partial charge in [0, 0.05) is 57.7 Å². The predicted molar refractivity (Wildman–Crippen MR) is 114 cm³/mol. The number of nitrogens with one attached hydrogen (secondary N) is 1. The molecule has 2 aromatic heterocycles. The Morgan fingerprint density at radius 3 is 2.16 bits per heavy atom. The van der Waals surface area contributed by atoms with Crippen LogP contribution in [0.15, 0.2) is 24.7 Å². The Labute approximate surface area is 180 Å². The van der Waals surface area contributed by atoms with E-state index in [1.807, 2.05) is 13.0 Å². The summed E-state index contributed by atoms with van der Waals surface area (Å²) in [6, 6.07) is 2.64. The average Bonchev–Trinajstić information content (AvgIpc) is 2.76. The van der Waals surface area contributed by atoms with E-state index < -0.39 is 11.7 Å². The Kier molecular flexibility index (Phi) is 6.29. The lowest BCUT2D eigenvalue weighted by Crippen LogP contribution is -2.52. The fraction of sp³-hybridized carbons (Fsp3) is 0.571. The van der Waals surface area contributed by atoms with Gasteiger partial charge in [0.2, 0.25) is 5.95 Å². The quantitative estimate of drug-likeness (QED) is 0.792. The van der Waals surface area contributed by atoms with Crippen molar-refractivity contribution >= 4 is 17.5 Å². The zero-order valence-corrected chi connectivity index (χ0v) is 17.9. The van der Waals surface area contributed by atoms with Crippen molar-refractivity contribution in [3.05, 3.63) is 35.8 Å². The molecule has 0 aromatic carbocycles. The van der Waals surface area contributed by atoms with E-state index in [2.05, 4.69) is 42.0 Å². The first-order valence-electron chi connectivity index (χ1n) is 10.6. The van der Waals surface area contributed by atoms with Crippen LogP contribution in [0.4, 0.5) is 30.6 Å². The van der Waals surface area contributed by atoms with Crippen molar-refractivity contribution in [2.24, 2.45) is 0 Å². The molecule has 7 nitrogen and oxygen atoms in total. The molecule has 2 saturated heterocycles. The predicted octanol–water partition coefficient (Wildman–Crippen LogP) is 3.16. The fourth-order valence-electron chi connectivity index (χ4n) is 4.15. The minimum Gasteiger partial charge on any atom is -0.356 e. The van der Waals surface area contributed by atoms with Crippen molar-refractivity contribution in [3.63, 3.8) is 0 Å². The van der Waals surface area contributed by atoms with Crippen LogP contribution in [0, 0.1) is 6.92 Å². The van der Waals surface area contributed by atoms with Crippen molar-refractivity contribution in [2.75, 3.05) is 56.5 Å². The lowest BCUT2D eigenvalue weighted by atomic mass is 10.0. The molecule has 1 N–H and O–H groups in total. The molecule has 31 heavy (non-hydrogen) atoms. The van der Waals surface area contributed by atoms with Gasteiger partial charge in [0.15, 0.2) is 0 Å². The van der Waals surface area contributed by atoms with E-state index in [4.69, 9.17) is 0 Å². The molecule has 0 amide bonds. The zero-order chi connectivity index (χ0) is 22.0. The van der Waals surface area contributed by atoms with Gasteiger partial charge < -0.3 is 15.1 Å². The van der Waals surface area contributed by atoms with Gasteiger partial charge in [0.05, 0.1) is 17.4 Å². The Bertz CT molecular complexity index is 872. The van der Waals surface area contributed by atoms with E-state index in [1.54, 1.807) is 6.20 Å². The van der Waals surface area contributed by atoms with Gasteiger partial charge in [-0.15, -0.1) is 0 Å². The van der Waals surface area contributed by atoms with Crippen LogP contribution >= 0.6 is 0 Å². The second-order valence-corrected chi connectivity index (χ2v) is 8.33. The maximum atomic E-state index is 12.7. The smallest absolute Gasteiger partial charge is 0.356 e. The highest BCUT2D eigenvalue weighted by Crippen LogP contribution is 2.29. The third kappa shape index (κ3) is 5.24. The van der Waals surface area contributed by atoms with Gasteiger partial charge in [-0.1, -0.05) is 0 Å². The third-order valence-corrected chi connectivity index (χ3v) is 6.16. The van der Waals surface area contributed by atoms with Crippen molar-refractivity contribution in [1.82, 2.24) is 24.8 Å². The molecule has 0 bridgehead atoms. The van der Waals surface area contributed by atoms with Crippen molar-refractivity contribution in [1.29, 1.82) is 0 Å². The summed E-state index contributed by atoms with van der Waals surface area (Å²) in [5.74, 6) is 1.03. The number of piperazine rings is 1. The van der Waals surface area contributed by atoms with Gasteiger partial charge in [-0.25, -0.2) is 15.0 Å². The summed E-state index contributed by atoms with van der Waals surface area (Å²) in [7, 11) is 2.18. The number of nitrogens with zero attached hydrogens (tertiary/aromatic N) is 6. The number of halogens is 3. The highest BCUT2D eigenvalue weighted by molar-refractivity contribution is 5.60. The first-order valence-corrected chi connectivity index (χ1v) is 10.6. The monoisotopic (exact) mass is 435 g/mol. The maximum absolute atomic E-state index is 12.7. The molecule has 0 spiro atoms. The Balaban J connectivity index is 1.35. The second-order valence-electron chi connectivity index (χ2n) is 8.33. The molecular weight excluding hydrogens is 407 g/mol. The van der Waals surface area contributed by atoms with E-state index in [0.717, 1.165) is 75.9 Å². The molecule has 168 valence electrons. The van der Waals surface area contributed by atoms with Gasteiger partial charge >= 0.3 is 6.18 Å². The van der Waals surface area contributed by atoms with E-state index in [-0.39, 0.29) is 5.95 Å². The van der Waals surface area contributed by atoms with Gasteiger partial charge in [-0.3, -0.25) is 4.90 Å². The molecule has 0 aliphatic carbocycles. The number of hydrogen-bond donors (Lipinski definition) is 1. The lowest BCUT2D eigenvalue weighted by molar-refractivity contribution is -0.138. The number of hydrogen-bond acceptors (Lipinski definition) is 7. The van der Waals surface area contributed by atoms with Crippen LogP contribution in [0.1, 0.15) is 24.0 Å². The van der Waals surface area contributed by atoms with Crippen LogP contribution in [0.5, 0.6) is 0 Å². The number of likely N-dealkylation sites (N-methyl/N-ethyl adjacent to an activating group) is 1. The van der Waals surface area contributed by atoms with E-state index in [0.29, 0.717) is 11.7 Å². The normalized spacial score (nSPS) is 19.6. The molecule has 0 radical (unpaired) electrons. The van der Waals surface area contributed by atoms with Crippen LogP contribution in [0.2, 0.25) is 0 Å². The Morgan fingerprint density at radius 1 is 0.935 bits per heavy atom. The summed E-state index contributed by atoms with van der Waals surface area (Å²) in [5.41, 5.74) is 0.744. The maximum Gasteiger partial charge on any atom is 0.419 e. The molecule has 0 saturated carbocycles. The van der Waals surface area contributed by atoms with Crippen LogP contribution in [-0.4, -0.2) is 77.1 Å².